The van der Waals surface area contributed by atoms with Gasteiger partial charge in [0.25, 0.3) is 5.91 Å². The minimum atomic E-state index is -0.517. The van der Waals surface area contributed by atoms with Crippen molar-refractivity contribution in [1.29, 1.82) is 0 Å². The molecule has 0 saturated carbocycles. The van der Waals surface area contributed by atoms with Crippen molar-refractivity contribution in [3.05, 3.63) is 47.5 Å². The summed E-state index contributed by atoms with van der Waals surface area (Å²) in [7, 11) is 4.54. The van der Waals surface area contributed by atoms with E-state index in [1.807, 2.05) is 0 Å². The van der Waals surface area contributed by atoms with Crippen LogP contribution in [0.4, 0.5) is 0 Å². The molecule has 2 aromatic carbocycles. The van der Waals surface area contributed by atoms with Crippen molar-refractivity contribution in [3.63, 3.8) is 0 Å². The number of amides is 1. The van der Waals surface area contributed by atoms with Crippen LogP contribution in [0, 0.1) is 0 Å². The van der Waals surface area contributed by atoms with Crippen LogP contribution in [0.1, 0.15) is 15.9 Å². The van der Waals surface area contributed by atoms with Gasteiger partial charge in [0.1, 0.15) is 5.75 Å². The summed E-state index contributed by atoms with van der Waals surface area (Å²) in [5, 5.41) is 13.5. The monoisotopic (exact) mass is 330 g/mol. The molecular weight excluding hydrogens is 312 g/mol. The van der Waals surface area contributed by atoms with Gasteiger partial charge in [-0.3, -0.25) is 4.79 Å². The van der Waals surface area contributed by atoms with Gasteiger partial charge in [0.2, 0.25) is 5.75 Å². The summed E-state index contributed by atoms with van der Waals surface area (Å²) in [6.45, 7) is 0. The van der Waals surface area contributed by atoms with E-state index in [9.17, 15) is 9.90 Å². The fourth-order valence-corrected chi connectivity index (χ4v) is 2.07. The Labute approximate surface area is 139 Å². The van der Waals surface area contributed by atoms with Crippen LogP contribution >= 0.6 is 0 Å². The van der Waals surface area contributed by atoms with Gasteiger partial charge in [-0.2, -0.15) is 5.10 Å². The van der Waals surface area contributed by atoms with Crippen LogP contribution in [0.15, 0.2) is 41.5 Å². The Morgan fingerprint density at radius 3 is 2.25 bits per heavy atom. The Hall–Kier alpha value is -3.22. The van der Waals surface area contributed by atoms with Crippen LogP contribution in [-0.4, -0.2) is 38.6 Å². The van der Waals surface area contributed by atoms with Gasteiger partial charge in [0, 0.05) is 5.56 Å². The van der Waals surface area contributed by atoms with Crippen LogP contribution in [0.25, 0.3) is 0 Å². The molecule has 0 fully saturated rings. The van der Waals surface area contributed by atoms with Crippen molar-refractivity contribution in [2.45, 2.75) is 0 Å². The molecular formula is C17H18N2O5. The number of phenols is 1. The second kappa shape index (κ2) is 7.87. The average molecular weight is 330 g/mol. The number of phenolic OH excluding ortho intramolecular Hbond substituents is 1. The van der Waals surface area contributed by atoms with Crippen molar-refractivity contribution in [1.82, 2.24) is 5.43 Å². The first-order valence-corrected chi connectivity index (χ1v) is 7.02. The number of benzene rings is 2. The molecule has 0 unspecified atom stereocenters. The van der Waals surface area contributed by atoms with E-state index in [1.165, 1.54) is 39.7 Å². The Bertz CT molecular complexity index is 733. The summed E-state index contributed by atoms with van der Waals surface area (Å²) in [4.78, 5) is 11.9. The van der Waals surface area contributed by atoms with Gasteiger partial charge in [0.15, 0.2) is 11.5 Å². The van der Waals surface area contributed by atoms with Gasteiger partial charge in [-0.1, -0.05) is 12.1 Å². The number of hydrogen-bond donors (Lipinski definition) is 2. The number of carbonyl (C=O) groups is 1. The van der Waals surface area contributed by atoms with Gasteiger partial charge >= 0.3 is 0 Å². The van der Waals surface area contributed by atoms with E-state index in [0.29, 0.717) is 22.8 Å². The minimum Gasteiger partial charge on any atom is -0.507 e. The average Bonchev–Trinajstić information content (AvgIpc) is 2.60. The molecule has 0 aliphatic carbocycles. The Balaban J connectivity index is 2.17. The third kappa shape index (κ3) is 3.75. The number of carbonyl (C=O) groups excluding carboxylic acids is 1. The molecule has 0 aromatic heterocycles. The van der Waals surface area contributed by atoms with Gasteiger partial charge in [-0.25, -0.2) is 5.43 Å². The molecule has 0 aliphatic rings. The molecule has 7 heteroatoms. The number of nitrogens with zero attached hydrogens (tertiary/aromatic N) is 1. The van der Waals surface area contributed by atoms with Crippen LogP contribution in [0.2, 0.25) is 0 Å². The minimum absolute atomic E-state index is 0.113. The molecule has 2 N–H and O–H groups in total. The molecule has 0 saturated heterocycles. The zero-order valence-corrected chi connectivity index (χ0v) is 13.6. The van der Waals surface area contributed by atoms with Crippen molar-refractivity contribution in [3.8, 4) is 23.0 Å². The van der Waals surface area contributed by atoms with E-state index >= 15 is 0 Å². The van der Waals surface area contributed by atoms with E-state index < -0.39 is 5.91 Å². The summed E-state index contributed by atoms with van der Waals surface area (Å²) in [5.74, 6) is 0.792. The zero-order chi connectivity index (χ0) is 17.5. The molecule has 0 heterocycles. The van der Waals surface area contributed by atoms with Crippen molar-refractivity contribution in [2.75, 3.05) is 21.3 Å². The van der Waals surface area contributed by atoms with Crippen LogP contribution in [0.5, 0.6) is 23.0 Å². The number of aromatic hydroxyl groups is 1. The lowest BCUT2D eigenvalue weighted by Crippen LogP contribution is -2.17. The fraction of sp³-hybridized carbons (Fsp3) is 0.176. The van der Waals surface area contributed by atoms with Gasteiger partial charge in [0.05, 0.1) is 33.1 Å². The first kappa shape index (κ1) is 17.1. The zero-order valence-electron chi connectivity index (χ0n) is 13.6. The number of hydrogen-bond acceptors (Lipinski definition) is 6. The van der Waals surface area contributed by atoms with Gasteiger partial charge < -0.3 is 19.3 Å². The number of hydrazone groups is 1. The van der Waals surface area contributed by atoms with E-state index in [0.717, 1.165) is 0 Å². The van der Waals surface area contributed by atoms with Gasteiger partial charge in [-0.15, -0.1) is 0 Å². The van der Waals surface area contributed by atoms with Crippen molar-refractivity contribution in [2.24, 2.45) is 5.10 Å². The summed E-state index contributed by atoms with van der Waals surface area (Å²) in [6.07, 6.45) is 1.43. The SMILES string of the molecule is COc1cc(/C=N/NC(=O)c2ccccc2O)cc(OC)c1OC. The molecule has 0 bridgehead atoms. The van der Waals surface area contributed by atoms with Crippen LogP contribution in [0.3, 0.4) is 0 Å². The van der Waals surface area contributed by atoms with Crippen molar-refractivity contribution < 1.29 is 24.1 Å². The Morgan fingerprint density at radius 2 is 1.71 bits per heavy atom. The highest BCUT2D eigenvalue weighted by Gasteiger charge is 2.12. The first-order chi connectivity index (χ1) is 11.6. The molecule has 7 nitrogen and oxygen atoms in total. The van der Waals surface area contributed by atoms with E-state index in [4.69, 9.17) is 14.2 Å². The summed E-state index contributed by atoms with van der Waals surface area (Å²) < 4.78 is 15.7. The lowest BCUT2D eigenvalue weighted by molar-refractivity contribution is 0.0952. The molecule has 126 valence electrons. The number of nitrogens with one attached hydrogen (secondary N) is 1. The Kier molecular flexibility index (Phi) is 5.62. The lowest BCUT2D eigenvalue weighted by Gasteiger charge is -2.12. The maximum atomic E-state index is 11.9. The maximum Gasteiger partial charge on any atom is 0.275 e. The number of rotatable bonds is 6. The first-order valence-electron chi connectivity index (χ1n) is 7.02. The second-order valence-corrected chi connectivity index (χ2v) is 4.67. The largest absolute Gasteiger partial charge is 0.507 e. The molecule has 1 amide bonds. The van der Waals surface area contributed by atoms with E-state index in [-0.39, 0.29) is 11.3 Å². The van der Waals surface area contributed by atoms with Gasteiger partial charge in [-0.05, 0) is 24.3 Å². The maximum absolute atomic E-state index is 11.9. The molecule has 2 rings (SSSR count). The topological polar surface area (TPSA) is 89.4 Å². The predicted molar refractivity (Wildman–Crippen MR) is 89.3 cm³/mol. The van der Waals surface area contributed by atoms with E-state index in [2.05, 4.69) is 10.5 Å². The highest BCUT2D eigenvalue weighted by molar-refractivity contribution is 5.97. The fourth-order valence-electron chi connectivity index (χ4n) is 2.07. The van der Waals surface area contributed by atoms with Crippen molar-refractivity contribution >= 4 is 12.1 Å². The summed E-state index contributed by atoms with van der Waals surface area (Å²) in [6, 6.07) is 9.59. The summed E-state index contributed by atoms with van der Waals surface area (Å²) >= 11 is 0. The number of para-hydroxylation sites is 1. The molecule has 2 aromatic rings. The third-order valence-electron chi connectivity index (χ3n) is 3.22. The molecule has 0 spiro atoms. The number of methoxy groups -OCH3 is 3. The quantitative estimate of drug-likeness (QED) is 0.626. The second-order valence-electron chi connectivity index (χ2n) is 4.67. The number of ether oxygens (including phenoxy) is 3. The smallest absolute Gasteiger partial charge is 0.275 e. The molecule has 0 aliphatic heterocycles. The molecule has 0 atom stereocenters. The van der Waals surface area contributed by atoms with Crippen LogP contribution < -0.4 is 19.6 Å². The molecule has 24 heavy (non-hydrogen) atoms. The van der Waals surface area contributed by atoms with E-state index in [1.54, 1.807) is 24.3 Å². The highest BCUT2D eigenvalue weighted by Crippen LogP contribution is 2.37. The van der Waals surface area contributed by atoms with Crippen LogP contribution in [-0.2, 0) is 0 Å². The standard InChI is InChI=1S/C17H18N2O5/c1-22-14-8-11(9-15(23-2)16(14)24-3)10-18-19-17(21)12-6-4-5-7-13(12)20/h4-10,20H,1-3H3,(H,19,21)/b18-10+. The highest BCUT2D eigenvalue weighted by atomic mass is 16.5. The molecule has 0 radical (unpaired) electrons. The summed E-state index contributed by atoms with van der Waals surface area (Å²) in [5.41, 5.74) is 3.13. The predicted octanol–water partition coefficient (Wildman–Crippen LogP) is 2.18. The third-order valence-corrected chi connectivity index (χ3v) is 3.22. The Morgan fingerprint density at radius 1 is 1.08 bits per heavy atom. The lowest BCUT2D eigenvalue weighted by atomic mass is 10.2. The normalized spacial score (nSPS) is 10.5.